The molecule has 0 saturated carbocycles. The molecular formula is C33H28N6O4. The number of para-hydroxylation sites is 3. The highest BCUT2D eigenvalue weighted by Gasteiger charge is 2.41. The minimum atomic E-state index is -0.460. The van der Waals surface area contributed by atoms with E-state index in [9.17, 15) is 10.2 Å². The monoisotopic (exact) mass is 572 g/mol. The first-order valence-corrected chi connectivity index (χ1v) is 13.7. The highest BCUT2D eigenvalue weighted by atomic mass is 16.5. The molecule has 3 N–H and O–H groups in total. The van der Waals surface area contributed by atoms with Crippen molar-refractivity contribution in [2.24, 2.45) is 9.98 Å². The van der Waals surface area contributed by atoms with Crippen LogP contribution in [0.2, 0.25) is 0 Å². The van der Waals surface area contributed by atoms with Crippen molar-refractivity contribution in [2.45, 2.75) is 13.0 Å². The van der Waals surface area contributed by atoms with E-state index in [1.807, 2.05) is 78.3 Å². The van der Waals surface area contributed by atoms with Crippen LogP contribution in [0.25, 0.3) is 5.69 Å². The first-order chi connectivity index (χ1) is 21.0. The van der Waals surface area contributed by atoms with Gasteiger partial charge in [-0.05, 0) is 61.0 Å². The summed E-state index contributed by atoms with van der Waals surface area (Å²) in [6.07, 6.45) is 0. The number of nitrogens with one attached hydrogen (secondary N) is 1. The van der Waals surface area contributed by atoms with Gasteiger partial charge >= 0.3 is 0 Å². The summed E-state index contributed by atoms with van der Waals surface area (Å²) in [5, 5.41) is 29.1. The van der Waals surface area contributed by atoms with Gasteiger partial charge in [-0.2, -0.15) is 5.10 Å². The predicted octanol–water partition coefficient (Wildman–Crippen LogP) is 6.40. The summed E-state index contributed by atoms with van der Waals surface area (Å²) >= 11 is 0. The summed E-state index contributed by atoms with van der Waals surface area (Å²) in [4.78, 5) is 12.3. The van der Waals surface area contributed by atoms with Gasteiger partial charge in [-0.15, -0.1) is 0 Å². The van der Waals surface area contributed by atoms with Crippen LogP contribution in [0.3, 0.4) is 0 Å². The number of aromatic hydroxyl groups is 2. The molecule has 1 aromatic heterocycles. The second-order valence-electron chi connectivity index (χ2n) is 10.2. The molecule has 0 radical (unpaired) electrons. The number of phenolic OH excluding ortho intramolecular Hbond substituents is 2. The Kier molecular flexibility index (Phi) is 6.23. The highest BCUT2D eigenvalue weighted by Crippen LogP contribution is 2.49. The third-order valence-corrected chi connectivity index (χ3v) is 7.62. The molecule has 0 bridgehead atoms. The Labute approximate surface area is 247 Å². The van der Waals surface area contributed by atoms with Crippen molar-refractivity contribution in [1.82, 2.24) is 9.78 Å². The smallest absolute Gasteiger partial charge is 0.179 e. The second kappa shape index (κ2) is 10.3. The molecule has 43 heavy (non-hydrogen) atoms. The van der Waals surface area contributed by atoms with Crippen LogP contribution in [0.15, 0.2) is 101 Å². The quantitative estimate of drug-likeness (QED) is 0.209. The van der Waals surface area contributed by atoms with Crippen LogP contribution in [0, 0.1) is 6.92 Å². The molecule has 5 aromatic rings. The first-order valence-electron chi connectivity index (χ1n) is 13.7. The number of aliphatic imine (C=N–C) groups is 2. The van der Waals surface area contributed by atoms with Crippen LogP contribution in [0.5, 0.6) is 23.0 Å². The normalized spacial score (nSPS) is 15.0. The van der Waals surface area contributed by atoms with E-state index >= 15 is 0 Å². The van der Waals surface area contributed by atoms with Crippen LogP contribution < -0.4 is 19.7 Å². The zero-order valence-corrected chi connectivity index (χ0v) is 23.7. The molecule has 10 heteroatoms. The number of methoxy groups -OCH3 is 2. The molecule has 0 unspecified atom stereocenters. The summed E-state index contributed by atoms with van der Waals surface area (Å²) in [5.74, 6) is 2.53. The Morgan fingerprint density at radius 2 is 1.60 bits per heavy atom. The van der Waals surface area contributed by atoms with Crippen molar-refractivity contribution in [3.63, 3.8) is 0 Å². The average Bonchev–Trinajstić information content (AvgIpc) is 3.37. The largest absolute Gasteiger partial charge is 0.504 e. The van der Waals surface area contributed by atoms with Gasteiger partial charge in [0.05, 0.1) is 48.7 Å². The minimum absolute atomic E-state index is 0.195. The van der Waals surface area contributed by atoms with Gasteiger partial charge in [0.2, 0.25) is 0 Å². The summed E-state index contributed by atoms with van der Waals surface area (Å²) in [7, 11) is 3.21. The number of nitrogens with zero attached hydrogens (tertiary/aromatic N) is 5. The van der Waals surface area contributed by atoms with Crippen LogP contribution in [0.1, 0.15) is 22.9 Å². The Bertz CT molecular complexity index is 1930. The van der Waals surface area contributed by atoms with Gasteiger partial charge in [-0.3, -0.25) is 0 Å². The maximum Gasteiger partial charge on any atom is 0.179 e. The number of amidine groups is 2. The van der Waals surface area contributed by atoms with Gasteiger partial charge in [0.25, 0.3) is 0 Å². The maximum absolute atomic E-state index is 10.6. The fourth-order valence-corrected chi connectivity index (χ4v) is 5.60. The number of rotatable bonds is 5. The summed E-state index contributed by atoms with van der Waals surface area (Å²) in [6.45, 7) is 1.96. The number of anilines is 2. The highest BCUT2D eigenvalue weighted by molar-refractivity contribution is 6.51. The lowest BCUT2D eigenvalue weighted by atomic mass is 9.93. The van der Waals surface area contributed by atoms with Crippen molar-refractivity contribution in [3.05, 3.63) is 108 Å². The summed E-state index contributed by atoms with van der Waals surface area (Å²) in [5.41, 5.74) is 5.52. The van der Waals surface area contributed by atoms with Gasteiger partial charge < -0.3 is 29.9 Å². The Morgan fingerprint density at radius 3 is 2.37 bits per heavy atom. The van der Waals surface area contributed by atoms with Crippen LogP contribution in [0.4, 0.5) is 22.9 Å². The molecule has 214 valence electrons. The van der Waals surface area contributed by atoms with Gasteiger partial charge in [0, 0.05) is 11.6 Å². The molecule has 10 nitrogen and oxygen atoms in total. The third-order valence-electron chi connectivity index (χ3n) is 7.62. The Balaban J connectivity index is 1.49. The second-order valence-corrected chi connectivity index (χ2v) is 10.2. The molecule has 4 aromatic carbocycles. The Hall–Kier alpha value is -5.77. The van der Waals surface area contributed by atoms with Crippen LogP contribution >= 0.6 is 0 Å². The molecule has 2 aliphatic rings. The van der Waals surface area contributed by atoms with Crippen LogP contribution in [-0.4, -0.2) is 45.9 Å². The van der Waals surface area contributed by atoms with E-state index in [1.165, 1.54) is 6.07 Å². The zero-order chi connectivity index (χ0) is 29.7. The predicted molar refractivity (Wildman–Crippen MR) is 166 cm³/mol. The van der Waals surface area contributed by atoms with Crippen molar-refractivity contribution < 1.29 is 19.7 Å². The molecule has 2 aliphatic heterocycles. The number of aryl methyl sites for hydroxylation is 1. The lowest BCUT2D eigenvalue weighted by Crippen LogP contribution is -2.46. The van der Waals surface area contributed by atoms with E-state index in [4.69, 9.17) is 24.6 Å². The van der Waals surface area contributed by atoms with Crippen LogP contribution in [-0.2, 0) is 0 Å². The SMILES string of the molecule is COc1ccc(NC2=Nc3ccccc3N3C2=Nc2c(c(C)nn2-c2ccccc2)[C@@H]3c2ccc(O)c(O)c2)c(OC)c1. The molecule has 0 aliphatic carbocycles. The number of hydrogen-bond acceptors (Lipinski definition) is 9. The topological polar surface area (TPSA) is 117 Å². The van der Waals surface area contributed by atoms with Crippen molar-refractivity contribution in [3.8, 4) is 28.7 Å². The molecule has 3 heterocycles. The van der Waals surface area contributed by atoms with E-state index in [0.29, 0.717) is 34.7 Å². The van der Waals surface area contributed by atoms with E-state index in [2.05, 4.69) is 10.2 Å². The molecule has 1 atom stereocenters. The molecule has 0 fully saturated rings. The van der Waals surface area contributed by atoms with E-state index in [-0.39, 0.29) is 11.5 Å². The van der Waals surface area contributed by atoms with Gasteiger partial charge in [-0.1, -0.05) is 36.4 Å². The minimum Gasteiger partial charge on any atom is -0.504 e. The van der Waals surface area contributed by atoms with Gasteiger partial charge in [0.15, 0.2) is 29.0 Å². The van der Waals surface area contributed by atoms with Crippen molar-refractivity contribution in [2.75, 3.05) is 24.4 Å². The van der Waals surface area contributed by atoms with Gasteiger partial charge in [0.1, 0.15) is 11.5 Å². The number of benzene rings is 4. The summed E-state index contributed by atoms with van der Waals surface area (Å²) in [6, 6.07) is 27.6. The number of aromatic nitrogens is 2. The van der Waals surface area contributed by atoms with E-state index < -0.39 is 6.04 Å². The zero-order valence-electron chi connectivity index (χ0n) is 23.7. The first kappa shape index (κ1) is 26.1. The Morgan fingerprint density at radius 1 is 0.814 bits per heavy atom. The molecule has 0 spiro atoms. The fraction of sp³-hybridized carbons (Fsp3) is 0.121. The number of ether oxygens (including phenoxy) is 2. The number of phenols is 2. The number of hydrogen-bond donors (Lipinski definition) is 3. The molecular weight excluding hydrogens is 544 g/mol. The standard InChI is InChI=1S/C33H28N6O4/c1-19-29-30(20-13-16-26(40)27(41)17-20)38-25-12-8-7-11-23(25)34-31(35-24-15-14-22(42-2)18-28(24)43-3)33(38)36-32(29)39(37-19)21-9-5-4-6-10-21/h4-18,30,40-41H,1-3H3,(H,34,35)/t30-/m0/s1. The molecule has 7 rings (SSSR count). The number of fused-ring (bicyclic) bond motifs is 4. The molecule has 0 amide bonds. The van der Waals surface area contributed by atoms with Crippen molar-refractivity contribution >= 4 is 34.6 Å². The van der Waals surface area contributed by atoms with Crippen molar-refractivity contribution in [1.29, 1.82) is 0 Å². The average molecular weight is 573 g/mol. The third kappa shape index (κ3) is 4.31. The maximum atomic E-state index is 10.6. The van der Waals surface area contributed by atoms with E-state index in [0.717, 1.165) is 33.9 Å². The lowest BCUT2D eigenvalue weighted by molar-refractivity contribution is 0.395. The van der Waals surface area contributed by atoms with E-state index in [1.54, 1.807) is 32.4 Å². The fourth-order valence-electron chi connectivity index (χ4n) is 5.60. The molecule has 0 saturated heterocycles. The lowest BCUT2D eigenvalue weighted by Gasteiger charge is -2.40. The summed E-state index contributed by atoms with van der Waals surface area (Å²) < 4.78 is 12.9. The van der Waals surface area contributed by atoms with Gasteiger partial charge in [-0.25, -0.2) is 14.7 Å².